The summed E-state index contributed by atoms with van der Waals surface area (Å²) < 4.78 is 1.61. The number of rotatable bonds is 4. The molecule has 1 atom stereocenters. The zero-order valence-electron chi connectivity index (χ0n) is 9.74. The first-order valence-corrected chi connectivity index (χ1v) is 6.77. The van der Waals surface area contributed by atoms with Gasteiger partial charge in [-0.1, -0.05) is 5.21 Å². The molecule has 1 fully saturated rings. The van der Waals surface area contributed by atoms with Gasteiger partial charge in [0.2, 0.25) is 0 Å². The first-order valence-electron chi connectivity index (χ1n) is 5.62. The van der Waals surface area contributed by atoms with Crippen molar-refractivity contribution in [1.82, 2.24) is 19.9 Å². The van der Waals surface area contributed by atoms with Crippen LogP contribution >= 0.6 is 11.8 Å². The lowest BCUT2D eigenvalue weighted by atomic mass is 10.3. The number of hydrogen-bond donors (Lipinski definition) is 1. The van der Waals surface area contributed by atoms with Crippen LogP contribution in [0.2, 0.25) is 0 Å². The molecule has 0 radical (unpaired) electrons. The van der Waals surface area contributed by atoms with Gasteiger partial charge in [-0.05, 0) is 6.92 Å². The van der Waals surface area contributed by atoms with Crippen LogP contribution in [0.1, 0.15) is 17.4 Å². The van der Waals surface area contributed by atoms with Gasteiger partial charge in [-0.15, -0.1) is 5.10 Å². The highest BCUT2D eigenvalue weighted by molar-refractivity contribution is 7.99. The molecule has 0 bridgehead atoms. The molecule has 2 heterocycles. The molecular weight excluding hydrogens is 240 g/mol. The van der Waals surface area contributed by atoms with Crippen molar-refractivity contribution in [3.8, 4) is 0 Å². The number of thioether (sulfide) groups is 1. The summed E-state index contributed by atoms with van der Waals surface area (Å²) in [6.07, 6.45) is 1.48. The molecule has 94 valence electrons. The zero-order valence-corrected chi connectivity index (χ0v) is 10.6. The number of aromatic nitrogens is 3. The van der Waals surface area contributed by atoms with Gasteiger partial charge < -0.3 is 5.11 Å². The Bertz CT molecular complexity index is 389. The summed E-state index contributed by atoms with van der Waals surface area (Å²) in [6, 6.07) is 0.360. The highest BCUT2D eigenvalue weighted by Crippen LogP contribution is 2.12. The van der Waals surface area contributed by atoms with E-state index in [2.05, 4.69) is 22.1 Å². The second kappa shape index (κ2) is 5.50. The SMILES string of the molecule is C[C@H](Cn1cc(C(=O)O)nn1)N1CCSCC1. The Morgan fingerprint density at radius 2 is 2.29 bits per heavy atom. The molecule has 0 spiro atoms. The fourth-order valence-corrected chi connectivity index (χ4v) is 2.82. The molecule has 0 aromatic carbocycles. The van der Waals surface area contributed by atoms with Crippen LogP contribution in [0.5, 0.6) is 0 Å². The smallest absolute Gasteiger partial charge is 0.358 e. The van der Waals surface area contributed by atoms with Crippen LogP contribution in [0.4, 0.5) is 0 Å². The van der Waals surface area contributed by atoms with Crippen molar-refractivity contribution in [1.29, 1.82) is 0 Å². The summed E-state index contributed by atoms with van der Waals surface area (Å²) in [4.78, 5) is 13.1. The van der Waals surface area contributed by atoms with E-state index >= 15 is 0 Å². The standard InChI is InChI=1S/C10H16N4O2S/c1-8(13-2-4-17-5-3-13)6-14-7-9(10(15)16)11-12-14/h7-8H,2-6H2,1H3,(H,15,16)/t8-/m1/s1. The van der Waals surface area contributed by atoms with Crippen molar-refractivity contribution in [2.45, 2.75) is 19.5 Å². The van der Waals surface area contributed by atoms with Crippen LogP contribution < -0.4 is 0 Å². The van der Waals surface area contributed by atoms with Crippen molar-refractivity contribution in [2.24, 2.45) is 0 Å². The van der Waals surface area contributed by atoms with E-state index in [9.17, 15) is 4.79 Å². The van der Waals surface area contributed by atoms with Crippen LogP contribution in [0.25, 0.3) is 0 Å². The van der Waals surface area contributed by atoms with Crippen LogP contribution in [-0.2, 0) is 6.54 Å². The molecular formula is C10H16N4O2S. The van der Waals surface area contributed by atoms with Gasteiger partial charge in [0.25, 0.3) is 0 Å². The number of carboxylic acid groups (broad SMARTS) is 1. The second-order valence-corrected chi connectivity index (χ2v) is 5.35. The molecule has 2 rings (SSSR count). The van der Waals surface area contributed by atoms with Gasteiger partial charge in [-0.3, -0.25) is 9.58 Å². The monoisotopic (exact) mass is 256 g/mol. The predicted molar refractivity (Wildman–Crippen MR) is 65.3 cm³/mol. The minimum Gasteiger partial charge on any atom is -0.476 e. The Morgan fingerprint density at radius 3 is 2.88 bits per heavy atom. The van der Waals surface area contributed by atoms with Gasteiger partial charge >= 0.3 is 5.97 Å². The summed E-state index contributed by atoms with van der Waals surface area (Å²) >= 11 is 1.98. The number of carbonyl (C=O) groups is 1. The minimum atomic E-state index is -1.03. The second-order valence-electron chi connectivity index (χ2n) is 4.13. The van der Waals surface area contributed by atoms with Gasteiger partial charge in [-0.2, -0.15) is 11.8 Å². The third kappa shape index (κ3) is 3.19. The van der Waals surface area contributed by atoms with Gasteiger partial charge in [0.15, 0.2) is 5.69 Å². The number of carboxylic acids is 1. The average molecular weight is 256 g/mol. The van der Waals surface area contributed by atoms with E-state index in [1.54, 1.807) is 4.68 Å². The number of aromatic carboxylic acids is 1. The van der Waals surface area contributed by atoms with Gasteiger partial charge in [0.05, 0.1) is 12.7 Å². The van der Waals surface area contributed by atoms with Crippen molar-refractivity contribution >= 4 is 17.7 Å². The average Bonchev–Trinajstić information content (AvgIpc) is 2.79. The Kier molecular flexibility index (Phi) is 4.01. The fraction of sp³-hybridized carbons (Fsp3) is 0.700. The highest BCUT2D eigenvalue weighted by atomic mass is 32.2. The zero-order chi connectivity index (χ0) is 12.3. The lowest BCUT2D eigenvalue weighted by molar-refractivity contribution is 0.0690. The lowest BCUT2D eigenvalue weighted by Crippen LogP contribution is -2.41. The maximum atomic E-state index is 10.7. The molecule has 0 aliphatic carbocycles. The molecule has 1 aromatic rings. The Balaban J connectivity index is 1.92. The van der Waals surface area contributed by atoms with Crippen LogP contribution in [0.3, 0.4) is 0 Å². The molecule has 1 N–H and O–H groups in total. The molecule has 1 aliphatic rings. The predicted octanol–water partition coefficient (Wildman–Crippen LogP) is 0.414. The topological polar surface area (TPSA) is 71.2 Å². The van der Waals surface area contributed by atoms with E-state index in [4.69, 9.17) is 5.11 Å². The third-order valence-electron chi connectivity index (χ3n) is 2.88. The molecule has 6 nitrogen and oxygen atoms in total. The maximum absolute atomic E-state index is 10.7. The Hall–Kier alpha value is -1.08. The van der Waals surface area contributed by atoms with Crippen LogP contribution in [0.15, 0.2) is 6.20 Å². The van der Waals surface area contributed by atoms with E-state index in [1.807, 2.05) is 11.8 Å². The van der Waals surface area contributed by atoms with Crippen LogP contribution in [-0.4, -0.2) is 61.6 Å². The van der Waals surface area contributed by atoms with Crippen molar-refractivity contribution in [3.05, 3.63) is 11.9 Å². The molecule has 7 heteroatoms. The normalized spacial score (nSPS) is 19.1. The third-order valence-corrected chi connectivity index (χ3v) is 3.82. The summed E-state index contributed by atoms with van der Waals surface area (Å²) in [5, 5.41) is 16.2. The molecule has 0 saturated carbocycles. The molecule has 17 heavy (non-hydrogen) atoms. The number of nitrogens with zero attached hydrogens (tertiary/aromatic N) is 4. The summed E-state index contributed by atoms with van der Waals surface area (Å²) in [5.74, 6) is 1.31. The van der Waals surface area contributed by atoms with Crippen molar-refractivity contribution < 1.29 is 9.90 Å². The molecule has 0 amide bonds. The van der Waals surface area contributed by atoms with Crippen LogP contribution in [0, 0.1) is 0 Å². The first-order chi connectivity index (χ1) is 8.16. The minimum absolute atomic E-state index is 0.00593. The van der Waals surface area contributed by atoms with E-state index < -0.39 is 5.97 Å². The molecule has 1 saturated heterocycles. The molecule has 0 unspecified atom stereocenters. The van der Waals surface area contributed by atoms with Gasteiger partial charge in [0.1, 0.15) is 0 Å². The van der Waals surface area contributed by atoms with Crippen molar-refractivity contribution in [3.63, 3.8) is 0 Å². The van der Waals surface area contributed by atoms with Gasteiger partial charge in [-0.25, -0.2) is 4.79 Å². The highest BCUT2D eigenvalue weighted by Gasteiger charge is 2.18. The lowest BCUT2D eigenvalue weighted by Gasteiger charge is -2.31. The van der Waals surface area contributed by atoms with E-state index in [0.717, 1.165) is 13.1 Å². The largest absolute Gasteiger partial charge is 0.476 e. The molecule has 1 aromatic heterocycles. The quantitative estimate of drug-likeness (QED) is 0.841. The van der Waals surface area contributed by atoms with Crippen molar-refractivity contribution in [2.75, 3.05) is 24.6 Å². The van der Waals surface area contributed by atoms with E-state index in [-0.39, 0.29) is 5.69 Å². The number of hydrogen-bond acceptors (Lipinski definition) is 5. The summed E-state index contributed by atoms with van der Waals surface area (Å²) in [5.41, 5.74) is 0.00593. The first kappa shape index (κ1) is 12.4. The Labute approximate surface area is 104 Å². The Morgan fingerprint density at radius 1 is 1.59 bits per heavy atom. The maximum Gasteiger partial charge on any atom is 0.358 e. The van der Waals surface area contributed by atoms with E-state index in [0.29, 0.717) is 12.6 Å². The van der Waals surface area contributed by atoms with Gasteiger partial charge in [0, 0.05) is 30.6 Å². The summed E-state index contributed by atoms with van der Waals surface area (Å²) in [7, 11) is 0. The fourth-order valence-electron chi connectivity index (χ4n) is 1.89. The van der Waals surface area contributed by atoms with E-state index in [1.165, 1.54) is 17.7 Å². The molecule has 1 aliphatic heterocycles. The summed E-state index contributed by atoms with van der Waals surface area (Å²) in [6.45, 7) is 5.00.